The highest BCUT2D eigenvalue weighted by atomic mass is 35.5. The molecule has 3 aromatic rings. The highest BCUT2D eigenvalue weighted by Crippen LogP contribution is 2.21. The zero-order chi connectivity index (χ0) is 14.7. The summed E-state index contributed by atoms with van der Waals surface area (Å²) >= 11 is 5.86. The van der Waals surface area contributed by atoms with Crippen molar-refractivity contribution >= 4 is 11.6 Å². The molecule has 0 spiro atoms. The first-order valence-corrected chi connectivity index (χ1v) is 6.84. The van der Waals surface area contributed by atoms with Gasteiger partial charge in [0, 0.05) is 17.0 Å². The van der Waals surface area contributed by atoms with Gasteiger partial charge >= 0.3 is 0 Å². The first-order chi connectivity index (χ1) is 10.2. The van der Waals surface area contributed by atoms with Crippen LogP contribution in [0.2, 0.25) is 5.02 Å². The van der Waals surface area contributed by atoms with E-state index in [1.807, 2.05) is 48.5 Å². The number of halogens is 1. The lowest BCUT2D eigenvalue weighted by molar-refractivity contribution is 0.414. The molecule has 4 nitrogen and oxygen atoms in total. The summed E-state index contributed by atoms with van der Waals surface area (Å²) in [6, 6.07) is 15.1. The minimum atomic E-state index is 0.501. The second kappa shape index (κ2) is 5.97. The lowest BCUT2D eigenvalue weighted by Crippen LogP contribution is -1.90. The Morgan fingerprint density at radius 3 is 2.43 bits per heavy atom. The Balaban J connectivity index is 1.77. The van der Waals surface area contributed by atoms with E-state index in [1.165, 1.54) is 0 Å². The predicted molar refractivity (Wildman–Crippen MR) is 80.5 cm³/mol. The summed E-state index contributed by atoms with van der Waals surface area (Å²) < 4.78 is 10.4. The van der Waals surface area contributed by atoms with Crippen LogP contribution in [0, 0.1) is 0 Å². The predicted octanol–water partition coefficient (Wildman–Crippen LogP) is 3.99. The number of methoxy groups -OCH3 is 1. The molecule has 0 saturated heterocycles. The van der Waals surface area contributed by atoms with Gasteiger partial charge in [-0.25, -0.2) is 0 Å². The molecule has 3 rings (SSSR count). The van der Waals surface area contributed by atoms with Crippen molar-refractivity contribution in [2.75, 3.05) is 7.11 Å². The first-order valence-electron chi connectivity index (χ1n) is 6.46. The van der Waals surface area contributed by atoms with Gasteiger partial charge < -0.3 is 9.26 Å². The average Bonchev–Trinajstić information content (AvgIpc) is 2.98. The van der Waals surface area contributed by atoms with Crippen molar-refractivity contribution in [3.63, 3.8) is 0 Å². The van der Waals surface area contributed by atoms with Crippen LogP contribution in [0.5, 0.6) is 5.75 Å². The number of benzene rings is 2. The molecule has 21 heavy (non-hydrogen) atoms. The SMILES string of the molecule is COc1ccc(-c2nc(Cc3ccc(Cl)cc3)no2)cc1. The van der Waals surface area contributed by atoms with E-state index < -0.39 is 0 Å². The number of nitrogens with zero attached hydrogens (tertiary/aromatic N) is 2. The van der Waals surface area contributed by atoms with Gasteiger partial charge in [-0.2, -0.15) is 4.98 Å². The molecule has 106 valence electrons. The summed E-state index contributed by atoms with van der Waals surface area (Å²) in [7, 11) is 1.63. The number of hydrogen-bond donors (Lipinski definition) is 0. The highest BCUT2D eigenvalue weighted by Gasteiger charge is 2.09. The molecule has 0 atom stereocenters. The molecule has 0 fully saturated rings. The molecule has 0 N–H and O–H groups in total. The van der Waals surface area contributed by atoms with Crippen LogP contribution in [0.3, 0.4) is 0 Å². The van der Waals surface area contributed by atoms with Crippen LogP contribution in [-0.2, 0) is 6.42 Å². The lowest BCUT2D eigenvalue weighted by atomic mass is 10.1. The number of aromatic nitrogens is 2. The van der Waals surface area contributed by atoms with Crippen LogP contribution in [0.25, 0.3) is 11.5 Å². The van der Waals surface area contributed by atoms with Gasteiger partial charge in [-0.15, -0.1) is 0 Å². The largest absolute Gasteiger partial charge is 0.497 e. The van der Waals surface area contributed by atoms with Crippen LogP contribution in [0.4, 0.5) is 0 Å². The maximum absolute atomic E-state index is 5.86. The molecular formula is C16H13ClN2O2. The van der Waals surface area contributed by atoms with Gasteiger partial charge in [0.15, 0.2) is 5.82 Å². The van der Waals surface area contributed by atoms with Crippen LogP contribution >= 0.6 is 11.6 Å². The maximum atomic E-state index is 5.86. The smallest absolute Gasteiger partial charge is 0.257 e. The Morgan fingerprint density at radius 2 is 1.76 bits per heavy atom. The molecule has 1 aromatic heterocycles. The summed E-state index contributed by atoms with van der Waals surface area (Å²) in [5, 5.41) is 4.72. The molecule has 0 saturated carbocycles. The van der Waals surface area contributed by atoms with Crippen molar-refractivity contribution in [3.8, 4) is 17.2 Å². The summed E-state index contributed by atoms with van der Waals surface area (Å²) in [4.78, 5) is 4.40. The number of rotatable bonds is 4. The van der Waals surface area contributed by atoms with Crippen LogP contribution in [-0.4, -0.2) is 17.3 Å². The van der Waals surface area contributed by atoms with Gasteiger partial charge in [-0.1, -0.05) is 28.9 Å². The van der Waals surface area contributed by atoms with Crippen molar-refractivity contribution in [2.24, 2.45) is 0 Å². The van der Waals surface area contributed by atoms with E-state index in [0.717, 1.165) is 16.9 Å². The topological polar surface area (TPSA) is 48.2 Å². The Morgan fingerprint density at radius 1 is 1.05 bits per heavy atom. The van der Waals surface area contributed by atoms with Crippen molar-refractivity contribution < 1.29 is 9.26 Å². The van der Waals surface area contributed by atoms with Crippen LogP contribution in [0.1, 0.15) is 11.4 Å². The maximum Gasteiger partial charge on any atom is 0.257 e. The summed E-state index contributed by atoms with van der Waals surface area (Å²) in [6.45, 7) is 0. The molecule has 0 amide bonds. The molecule has 0 aliphatic heterocycles. The van der Waals surface area contributed by atoms with Gasteiger partial charge in [0.1, 0.15) is 5.75 Å². The number of hydrogen-bond acceptors (Lipinski definition) is 4. The highest BCUT2D eigenvalue weighted by molar-refractivity contribution is 6.30. The van der Waals surface area contributed by atoms with E-state index in [9.17, 15) is 0 Å². The van der Waals surface area contributed by atoms with Crippen LogP contribution < -0.4 is 4.74 Å². The van der Waals surface area contributed by atoms with Crippen molar-refractivity contribution in [1.29, 1.82) is 0 Å². The fourth-order valence-corrected chi connectivity index (χ4v) is 2.09. The minimum Gasteiger partial charge on any atom is -0.497 e. The molecule has 0 aliphatic rings. The molecule has 1 heterocycles. The summed E-state index contributed by atoms with van der Waals surface area (Å²) in [6.07, 6.45) is 0.608. The Bertz CT molecular complexity index is 721. The van der Waals surface area contributed by atoms with E-state index in [1.54, 1.807) is 7.11 Å². The average molecular weight is 301 g/mol. The van der Waals surface area contributed by atoms with E-state index in [-0.39, 0.29) is 0 Å². The lowest BCUT2D eigenvalue weighted by Gasteiger charge is -1.99. The van der Waals surface area contributed by atoms with Crippen molar-refractivity contribution in [3.05, 3.63) is 64.9 Å². The quantitative estimate of drug-likeness (QED) is 0.731. The molecule has 2 aromatic carbocycles. The minimum absolute atomic E-state index is 0.501. The van der Waals surface area contributed by atoms with E-state index in [4.69, 9.17) is 20.9 Å². The fourth-order valence-electron chi connectivity index (χ4n) is 1.96. The fraction of sp³-hybridized carbons (Fsp3) is 0.125. The van der Waals surface area contributed by atoms with Crippen molar-refractivity contribution in [2.45, 2.75) is 6.42 Å². The third-order valence-corrected chi connectivity index (χ3v) is 3.33. The van der Waals surface area contributed by atoms with Crippen molar-refractivity contribution in [1.82, 2.24) is 10.1 Å². The molecule has 0 radical (unpaired) electrons. The third-order valence-electron chi connectivity index (χ3n) is 3.08. The summed E-state index contributed by atoms with van der Waals surface area (Å²) in [5.74, 6) is 1.93. The van der Waals surface area contributed by atoms with Gasteiger partial charge in [-0.3, -0.25) is 0 Å². The van der Waals surface area contributed by atoms with E-state index in [0.29, 0.717) is 23.2 Å². The standard InChI is InChI=1S/C16H13ClN2O2/c1-20-14-8-4-12(5-9-14)16-18-15(19-21-16)10-11-2-6-13(17)7-3-11/h2-9H,10H2,1H3. The molecule has 0 bridgehead atoms. The number of ether oxygens (including phenoxy) is 1. The Kier molecular flexibility index (Phi) is 3.88. The second-order valence-corrected chi connectivity index (χ2v) is 4.98. The van der Waals surface area contributed by atoms with Crippen LogP contribution in [0.15, 0.2) is 53.1 Å². The molecule has 0 unspecified atom stereocenters. The normalized spacial score (nSPS) is 10.6. The van der Waals surface area contributed by atoms with Gasteiger partial charge in [0.2, 0.25) is 0 Å². The molecular weight excluding hydrogens is 288 g/mol. The van der Waals surface area contributed by atoms with Gasteiger partial charge in [0.25, 0.3) is 5.89 Å². The first kappa shape index (κ1) is 13.6. The Hall–Kier alpha value is -2.33. The summed E-state index contributed by atoms with van der Waals surface area (Å²) in [5.41, 5.74) is 1.95. The second-order valence-electron chi connectivity index (χ2n) is 4.55. The third kappa shape index (κ3) is 3.23. The molecule has 5 heteroatoms. The monoisotopic (exact) mass is 300 g/mol. The van der Waals surface area contributed by atoms with Gasteiger partial charge in [0.05, 0.1) is 7.11 Å². The zero-order valence-corrected chi connectivity index (χ0v) is 12.2. The van der Waals surface area contributed by atoms with E-state index in [2.05, 4.69) is 10.1 Å². The van der Waals surface area contributed by atoms with E-state index >= 15 is 0 Å². The zero-order valence-electron chi connectivity index (χ0n) is 11.4. The Labute approximate surface area is 127 Å². The molecule has 0 aliphatic carbocycles. The van der Waals surface area contributed by atoms with Gasteiger partial charge in [-0.05, 0) is 42.0 Å².